The van der Waals surface area contributed by atoms with Crippen molar-refractivity contribution in [3.8, 4) is 0 Å². The molecule has 1 radical (unpaired) electrons. The van der Waals surface area contributed by atoms with Crippen LogP contribution >= 0.6 is 30.8 Å². The first-order valence-corrected chi connectivity index (χ1v) is 4.10. The van der Waals surface area contributed by atoms with Crippen LogP contribution in [-0.2, 0) is 0 Å². The summed E-state index contributed by atoms with van der Waals surface area (Å²) in [6.45, 7) is 2.19. The average molecular weight is 199 g/mol. The zero-order valence-electron chi connectivity index (χ0n) is 3.16. The van der Waals surface area contributed by atoms with Crippen LogP contribution in [0.1, 0.15) is 6.92 Å². The van der Waals surface area contributed by atoms with E-state index in [1.807, 2.05) is 0 Å². The van der Waals surface area contributed by atoms with Crippen LogP contribution in [-0.4, -0.2) is 11.0 Å². The molecule has 0 saturated heterocycles. The third-order valence-electron chi connectivity index (χ3n) is 0.281. The zero-order chi connectivity index (χ0) is 4.12. The van der Waals surface area contributed by atoms with Crippen LogP contribution in [0.15, 0.2) is 0 Å². The molecule has 0 heterocycles. The largest absolute Gasteiger partial charge is 0.230 e. The lowest BCUT2D eigenvalue weighted by Gasteiger charge is -1.76. The molecule has 29 valence electrons. The minimum absolute atomic E-state index is 1.06. The van der Waals surface area contributed by atoms with E-state index in [0.717, 1.165) is 8.46 Å². The lowest BCUT2D eigenvalue weighted by atomic mass is 10.7. The Kier molecular flexibility index (Phi) is 6.50. The van der Waals surface area contributed by atoms with Crippen molar-refractivity contribution in [2.75, 3.05) is 6.16 Å². The summed E-state index contributed by atoms with van der Waals surface area (Å²) < 4.78 is 0. The van der Waals surface area contributed by atoms with Crippen LogP contribution in [0.25, 0.3) is 0 Å². The molecule has 0 nitrogen and oxygen atoms in total. The van der Waals surface area contributed by atoms with Crippen LogP contribution in [0.4, 0.5) is 0 Å². The summed E-state index contributed by atoms with van der Waals surface area (Å²) in [5.74, 6) is 0. The van der Waals surface area contributed by atoms with Gasteiger partial charge in [0.15, 0.2) is 0 Å². The molecule has 0 aliphatic heterocycles. The van der Waals surface area contributed by atoms with Crippen molar-refractivity contribution >= 4 is 35.7 Å². The molecule has 0 bridgehead atoms. The van der Waals surface area contributed by atoms with Gasteiger partial charge in [0.1, 0.15) is 0 Å². The molecule has 0 aliphatic rings. The normalized spacial score (nSPS) is 10.0. The van der Waals surface area contributed by atoms with E-state index in [1.165, 1.54) is 6.16 Å². The molecule has 1 atom stereocenters. The molecule has 0 amide bonds. The average Bonchev–Trinajstić information content (AvgIpc) is 1.41. The van der Waals surface area contributed by atoms with Gasteiger partial charge in [0, 0.05) is 0 Å². The summed E-state index contributed by atoms with van der Waals surface area (Å²) in [5.41, 5.74) is 0. The highest BCUT2D eigenvalue weighted by Crippen LogP contribution is 2.06. The van der Waals surface area contributed by atoms with E-state index in [0.29, 0.717) is 0 Å². The van der Waals surface area contributed by atoms with Gasteiger partial charge >= 0.3 is 0 Å². The number of halogens is 1. The Labute approximate surface area is 49.0 Å². The minimum atomic E-state index is 1.06. The Balaban J connectivity index is 2.19. The first-order chi connectivity index (χ1) is 2.41. The second kappa shape index (κ2) is 5.22. The van der Waals surface area contributed by atoms with Crippen molar-refractivity contribution in [3.05, 3.63) is 0 Å². The van der Waals surface area contributed by atoms with E-state index in [-0.39, 0.29) is 0 Å². The SMILES string of the molecule is CCP[B]I. The van der Waals surface area contributed by atoms with Crippen LogP contribution in [0.3, 0.4) is 0 Å². The van der Waals surface area contributed by atoms with Gasteiger partial charge in [-0.05, 0) is 6.16 Å². The predicted octanol–water partition coefficient (Wildman–Crippen LogP) is 1.65. The molecule has 0 aromatic heterocycles. The molecular weight excluding hydrogens is 193 g/mol. The number of rotatable bonds is 2. The Morgan fingerprint density at radius 1 is 2.00 bits per heavy atom. The summed E-state index contributed by atoms with van der Waals surface area (Å²) in [4.78, 5) is 2.18. The molecule has 5 heavy (non-hydrogen) atoms. The molecule has 0 saturated carbocycles. The lowest BCUT2D eigenvalue weighted by molar-refractivity contribution is 1.53. The maximum absolute atomic E-state index is 2.27. The van der Waals surface area contributed by atoms with E-state index < -0.39 is 0 Å². The fourth-order valence-corrected chi connectivity index (χ4v) is 1.55. The van der Waals surface area contributed by atoms with Gasteiger partial charge in [-0.15, -0.1) is 8.46 Å². The van der Waals surface area contributed by atoms with E-state index in [4.69, 9.17) is 0 Å². The van der Waals surface area contributed by atoms with Crippen molar-refractivity contribution in [1.29, 1.82) is 0 Å². The maximum atomic E-state index is 2.27. The Hall–Kier alpha value is 1.22. The van der Waals surface area contributed by atoms with E-state index in [1.54, 1.807) is 0 Å². The predicted molar refractivity (Wildman–Crippen MR) is 38.6 cm³/mol. The summed E-state index contributed by atoms with van der Waals surface area (Å²) in [6, 6.07) is 0. The summed E-state index contributed by atoms with van der Waals surface area (Å²) in [7, 11) is 1.06. The molecule has 0 aliphatic carbocycles. The molecular formula is C2H6BIP. The Morgan fingerprint density at radius 3 is 2.60 bits per heavy atom. The van der Waals surface area contributed by atoms with Crippen molar-refractivity contribution in [3.63, 3.8) is 0 Å². The van der Waals surface area contributed by atoms with Crippen LogP contribution in [0, 0.1) is 0 Å². The topological polar surface area (TPSA) is 0 Å². The molecule has 1 unspecified atom stereocenters. The molecule has 0 rings (SSSR count). The number of hydrogen-bond acceptors (Lipinski definition) is 0. The zero-order valence-corrected chi connectivity index (χ0v) is 6.32. The highest BCUT2D eigenvalue weighted by molar-refractivity contribution is 14.1. The molecule has 0 N–H and O–H groups in total. The summed E-state index contributed by atoms with van der Waals surface area (Å²) >= 11 is 2.27. The van der Waals surface area contributed by atoms with Gasteiger partial charge in [0.2, 0.25) is 4.86 Å². The first kappa shape index (κ1) is 6.22. The monoisotopic (exact) mass is 199 g/mol. The molecule has 0 spiro atoms. The van der Waals surface area contributed by atoms with Gasteiger partial charge in [0.25, 0.3) is 0 Å². The number of hydrogen-bond donors (Lipinski definition) is 0. The van der Waals surface area contributed by atoms with E-state index in [9.17, 15) is 0 Å². The van der Waals surface area contributed by atoms with Crippen molar-refractivity contribution in [2.24, 2.45) is 0 Å². The van der Waals surface area contributed by atoms with Gasteiger partial charge in [-0.1, -0.05) is 6.92 Å². The summed E-state index contributed by atoms with van der Waals surface area (Å²) in [5, 5.41) is 0. The van der Waals surface area contributed by atoms with Gasteiger partial charge in [0.05, 0.1) is 0 Å². The smallest absolute Gasteiger partial charge is 0.152 e. The molecule has 0 aromatic carbocycles. The van der Waals surface area contributed by atoms with E-state index in [2.05, 4.69) is 34.2 Å². The van der Waals surface area contributed by atoms with Crippen molar-refractivity contribution in [1.82, 2.24) is 0 Å². The highest BCUT2D eigenvalue weighted by atomic mass is 127. The van der Waals surface area contributed by atoms with Crippen LogP contribution < -0.4 is 0 Å². The second-order valence-corrected chi connectivity index (χ2v) is 3.87. The van der Waals surface area contributed by atoms with Crippen LogP contribution in [0.5, 0.6) is 0 Å². The molecule has 3 heteroatoms. The Bertz CT molecular complexity index is 17.1. The van der Waals surface area contributed by atoms with Crippen molar-refractivity contribution in [2.45, 2.75) is 6.92 Å². The first-order valence-electron chi connectivity index (χ1n) is 1.57. The minimum Gasteiger partial charge on any atom is -0.152 e. The van der Waals surface area contributed by atoms with Crippen molar-refractivity contribution < 1.29 is 0 Å². The standard InChI is InChI=1S/C2H6BIP/c1-2-5-3-4/h5H,2H2,1H3. The second-order valence-electron chi connectivity index (χ2n) is 0.667. The Morgan fingerprint density at radius 2 is 2.60 bits per heavy atom. The van der Waals surface area contributed by atoms with Crippen LogP contribution in [0.2, 0.25) is 0 Å². The van der Waals surface area contributed by atoms with Gasteiger partial charge in [-0.3, -0.25) is 0 Å². The fourth-order valence-electron chi connectivity index (χ4n) is 0.0772. The lowest BCUT2D eigenvalue weighted by Crippen LogP contribution is -1.59. The third kappa shape index (κ3) is 5.22. The van der Waals surface area contributed by atoms with Gasteiger partial charge in [-0.25, -0.2) is 0 Å². The van der Waals surface area contributed by atoms with Gasteiger partial charge < -0.3 is 0 Å². The highest BCUT2D eigenvalue weighted by Gasteiger charge is 1.72. The quantitative estimate of drug-likeness (QED) is 0.360. The maximum Gasteiger partial charge on any atom is 0.230 e. The van der Waals surface area contributed by atoms with E-state index >= 15 is 0 Å². The molecule has 0 aromatic rings. The third-order valence-corrected chi connectivity index (χ3v) is 2.17. The summed E-state index contributed by atoms with van der Waals surface area (Å²) in [6.07, 6.45) is 1.31. The van der Waals surface area contributed by atoms with Gasteiger partial charge in [-0.2, -0.15) is 22.4 Å². The molecule has 0 fully saturated rings. The fraction of sp³-hybridized carbons (Fsp3) is 1.00.